The summed E-state index contributed by atoms with van der Waals surface area (Å²) in [6.45, 7) is 4.66. The maximum absolute atomic E-state index is 5.61. The average molecular weight is 268 g/mol. The SMILES string of the molecule is COCCOCCNc1ccc(C(N)=S)c(C)c1. The minimum Gasteiger partial charge on any atom is -0.389 e. The number of nitrogens with one attached hydrogen (secondary N) is 1. The highest BCUT2D eigenvalue weighted by molar-refractivity contribution is 7.80. The van der Waals surface area contributed by atoms with Crippen LogP contribution in [0.25, 0.3) is 0 Å². The van der Waals surface area contributed by atoms with Crippen molar-refractivity contribution in [2.75, 3.05) is 38.8 Å². The van der Waals surface area contributed by atoms with Crippen molar-refractivity contribution in [3.05, 3.63) is 29.3 Å². The van der Waals surface area contributed by atoms with Crippen LogP contribution < -0.4 is 11.1 Å². The Hall–Kier alpha value is -1.17. The molecule has 5 heteroatoms. The molecule has 4 nitrogen and oxygen atoms in total. The molecule has 0 aromatic heterocycles. The van der Waals surface area contributed by atoms with Crippen LogP contribution in [0.1, 0.15) is 11.1 Å². The van der Waals surface area contributed by atoms with Crippen LogP contribution in [-0.4, -0.2) is 38.5 Å². The monoisotopic (exact) mass is 268 g/mol. The van der Waals surface area contributed by atoms with Gasteiger partial charge in [-0.3, -0.25) is 0 Å². The lowest BCUT2D eigenvalue weighted by atomic mass is 10.1. The van der Waals surface area contributed by atoms with Crippen LogP contribution in [0, 0.1) is 6.92 Å². The number of ether oxygens (including phenoxy) is 2. The number of anilines is 1. The minimum absolute atomic E-state index is 0.432. The zero-order valence-corrected chi connectivity index (χ0v) is 11.7. The summed E-state index contributed by atoms with van der Waals surface area (Å²) in [4.78, 5) is 0.432. The molecule has 0 fully saturated rings. The molecule has 0 heterocycles. The second kappa shape index (κ2) is 8.02. The molecule has 3 N–H and O–H groups in total. The van der Waals surface area contributed by atoms with E-state index in [1.807, 2.05) is 25.1 Å². The third-order valence-electron chi connectivity index (χ3n) is 2.50. The predicted octanol–water partition coefficient (Wildman–Crippen LogP) is 1.70. The van der Waals surface area contributed by atoms with Gasteiger partial charge in [-0.15, -0.1) is 0 Å². The number of methoxy groups -OCH3 is 1. The number of hydrogen-bond donors (Lipinski definition) is 2. The molecular weight excluding hydrogens is 248 g/mol. The van der Waals surface area contributed by atoms with Gasteiger partial charge in [-0.25, -0.2) is 0 Å². The summed E-state index contributed by atoms with van der Waals surface area (Å²) in [6.07, 6.45) is 0. The van der Waals surface area contributed by atoms with Crippen LogP contribution in [0.3, 0.4) is 0 Å². The quantitative estimate of drug-likeness (QED) is 0.555. The van der Waals surface area contributed by atoms with E-state index in [1.54, 1.807) is 7.11 Å². The van der Waals surface area contributed by atoms with E-state index in [0.29, 0.717) is 24.8 Å². The third-order valence-corrected chi connectivity index (χ3v) is 2.72. The molecule has 0 bridgehead atoms. The number of thiocarbonyl (C=S) groups is 1. The molecule has 0 amide bonds. The molecule has 0 saturated carbocycles. The average Bonchev–Trinajstić information content (AvgIpc) is 2.33. The van der Waals surface area contributed by atoms with Crippen molar-refractivity contribution < 1.29 is 9.47 Å². The molecule has 0 aliphatic heterocycles. The number of benzene rings is 1. The molecular formula is C13H20N2O2S. The van der Waals surface area contributed by atoms with Gasteiger partial charge < -0.3 is 20.5 Å². The first-order valence-electron chi connectivity index (χ1n) is 5.86. The molecule has 1 aromatic rings. The van der Waals surface area contributed by atoms with E-state index in [4.69, 9.17) is 27.4 Å². The minimum atomic E-state index is 0.432. The van der Waals surface area contributed by atoms with E-state index in [0.717, 1.165) is 23.4 Å². The molecule has 1 rings (SSSR count). The van der Waals surface area contributed by atoms with E-state index in [-0.39, 0.29) is 0 Å². The first-order chi connectivity index (χ1) is 8.65. The fraction of sp³-hybridized carbons (Fsp3) is 0.462. The summed E-state index contributed by atoms with van der Waals surface area (Å²) in [5.41, 5.74) is 8.66. The van der Waals surface area contributed by atoms with Crippen LogP contribution in [0.15, 0.2) is 18.2 Å². The van der Waals surface area contributed by atoms with E-state index < -0.39 is 0 Å². The van der Waals surface area contributed by atoms with E-state index in [2.05, 4.69) is 5.32 Å². The summed E-state index contributed by atoms with van der Waals surface area (Å²) in [7, 11) is 1.66. The van der Waals surface area contributed by atoms with Gasteiger partial charge in [0.25, 0.3) is 0 Å². The highest BCUT2D eigenvalue weighted by Gasteiger charge is 2.02. The molecule has 0 spiro atoms. The van der Waals surface area contributed by atoms with E-state index in [9.17, 15) is 0 Å². The molecule has 0 aliphatic rings. The summed E-state index contributed by atoms with van der Waals surface area (Å²) >= 11 is 4.97. The van der Waals surface area contributed by atoms with Crippen LogP contribution >= 0.6 is 12.2 Å². The molecule has 0 unspecified atom stereocenters. The number of aryl methyl sites for hydroxylation is 1. The van der Waals surface area contributed by atoms with Gasteiger partial charge in [0.05, 0.1) is 19.8 Å². The second-order valence-electron chi connectivity index (χ2n) is 3.93. The highest BCUT2D eigenvalue weighted by Crippen LogP contribution is 2.14. The Labute approximate surface area is 113 Å². The van der Waals surface area contributed by atoms with E-state index >= 15 is 0 Å². The van der Waals surface area contributed by atoms with Crippen LogP contribution in [0.4, 0.5) is 5.69 Å². The Balaban J connectivity index is 2.35. The van der Waals surface area contributed by atoms with Gasteiger partial charge in [0, 0.05) is 24.9 Å². The lowest BCUT2D eigenvalue weighted by molar-refractivity contribution is 0.0759. The molecule has 0 atom stereocenters. The highest BCUT2D eigenvalue weighted by atomic mass is 32.1. The number of hydrogen-bond acceptors (Lipinski definition) is 4. The summed E-state index contributed by atoms with van der Waals surface area (Å²) in [5, 5.41) is 3.28. The third kappa shape index (κ3) is 5.00. The second-order valence-corrected chi connectivity index (χ2v) is 4.37. The summed E-state index contributed by atoms with van der Waals surface area (Å²) < 4.78 is 10.2. The predicted molar refractivity (Wildman–Crippen MR) is 78.3 cm³/mol. The normalized spacial score (nSPS) is 10.3. The Kier molecular flexibility index (Phi) is 6.64. The number of nitrogens with two attached hydrogens (primary N) is 1. The largest absolute Gasteiger partial charge is 0.389 e. The smallest absolute Gasteiger partial charge is 0.104 e. The van der Waals surface area contributed by atoms with Crippen molar-refractivity contribution in [3.8, 4) is 0 Å². The maximum atomic E-state index is 5.61. The van der Waals surface area contributed by atoms with Crippen molar-refractivity contribution in [2.45, 2.75) is 6.92 Å². The van der Waals surface area contributed by atoms with Crippen LogP contribution in [-0.2, 0) is 9.47 Å². The molecule has 100 valence electrons. The van der Waals surface area contributed by atoms with Crippen molar-refractivity contribution in [3.63, 3.8) is 0 Å². The number of rotatable bonds is 8. The van der Waals surface area contributed by atoms with Gasteiger partial charge in [-0.05, 0) is 30.7 Å². The van der Waals surface area contributed by atoms with Crippen molar-refractivity contribution in [1.82, 2.24) is 0 Å². The van der Waals surface area contributed by atoms with Gasteiger partial charge in [0.15, 0.2) is 0 Å². The van der Waals surface area contributed by atoms with Crippen molar-refractivity contribution >= 4 is 22.9 Å². The van der Waals surface area contributed by atoms with Crippen LogP contribution in [0.2, 0.25) is 0 Å². The Morgan fingerprint density at radius 1 is 1.33 bits per heavy atom. The summed E-state index contributed by atoms with van der Waals surface area (Å²) in [6, 6.07) is 5.94. The van der Waals surface area contributed by atoms with E-state index in [1.165, 1.54) is 0 Å². The lowest BCUT2D eigenvalue weighted by Crippen LogP contribution is -2.13. The van der Waals surface area contributed by atoms with Crippen molar-refractivity contribution in [2.24, 2.45) is 5.73 Å². The van der Waals surface area contributed by atoms with Gasteiger partial charge >= 0.3 is 0 Å². The molecule has 18 heavy (non-hydrogen) atoms. The topological polar surface area (TPSA) is 56.5 Å². The van der Waals surface area contributed by atoms with Gasteiger partial charge in [0.2, 0.25) is 0 Å². The fourth-order valence-electron chi connectivity index (χ4n) is 1.56. The van der Waals surface area contributed by atoms with Gasteiger partial charge in [-0.2, -0.15) is 0 Å². The fourth-order valence-corrected chi connectivity index (χ4v) is 1.79. The van der Waals surface area contributed by atoms with Crippen molar-refractivity contribution in [1.29, 1.82) is 0 Å². The van der Waals surface area contributed by atoms with Gasteiger partial charge in [-0.1, -0.05) is 12.2 Å². The Morgan fingerprint density at radius 2 is 2.11 bits per heavy atom. The first kappa shape index (κ1) is 14.9. The molecule has 0 aliphatic carbocycles. The Morgan fingerprint density at radius 3 is 2.72 bits per heavy atom. The Bertz CT molecular complexity index is 397. The standard InChI is InChI=1S/C13H20N2O2S/c1-10-9-11(3-4-12(10)13(14)18)15-5-6-17-8-7-16-2/h3-4,9,15H,5-8H2,1-2H3,(H2,14,18). The van der Waals surface area contributed by atoms with Crippen LogP contribution in [0.5, 0.6) is 0 Å². The molecule has 0 saturated heterocycles. The lowest BCUT2D eigenvalue weighted by Gasteiger charge is -2.10. The molecule has 1 aromatic carbocycles. The zero-order valence-electron chi connectivity index (χ0n) is 10.9. The maximum Gasteiger partial charge on any atom is 0.104 e. The molecule has 0 radical (unpaired) electrons. The zero-order chi connectivity index (χ0) is 13.4. The first-order valence-corrected chi connectivity index (χ1v) is 6.27. The van der Waals surface area contributed by atoms with Gasteiger partial charge in [0.1, 0.15) is 4.99 Å². The summed E-state index contributed by atoms with van der Waals surface area (Å²) in [5.74, 6) is 0.